The third-order valence-electron chi connectivity index (χ3n) is 5.43. The van der Waals surface area contributed by atoms with Gasteiger partial charge >= 0.3 is 5.97 Å². The van der Waals surface area contributed by atoms with Crippen LogP contribution in [-0.2, 0) is 19.7 Å². The fraction of sp³-hybridized carbons (Fsp3) is 0.333. The predicted molar refractivity (Wildman–Crippen MR) is 121 cm³/mol. The fourth-order valence-electron chi connectivity index (χ4n) is 3.41. The molecule has 10 heteroatoms. The normalized spacial score (nSPS) is 15.7. The van der Waals surface area contributed by atoms with Gasteiger partial charge in [0, 0.05) is 29.7 Å². The van der Waals surface area contributed by atoms with Crippen molar-refractivity contribution in [2.75, 3.05) is 13.2 Å². The van der Waals surface area contributed by atoms with Gasteiger partial charge in [-0.1, -0.05) is 45.0 Å². The summed E-state index contributed by atoms with van der Waals surface area (Å²) in [7, 11) is 0. The zero-order valence-corrected chi connectivity index (χ0v) is 19.1. The number of non-ortho nitro benzene ring substituents is 1. The van der Waals surface area contributed by atoms with Crippen molar-refractivity contribution >= 4 is 29.3 Å². The first-order valence-electron chi connectivity index (χ1n) is 10.6. The molecule has 0 spiro atoms. The summed E-state index contributed by atoms with van der Waals surface area (Å²) in [5, 5.41) is 11.9. The van der Waals surface area contributed by atoms with E-state index in [1.54, 1.807) is 12.1 Å². The zero-order chi connectivity index (χ0) is 25.0. The molecule has 2 amide bonds. The molecule has 0 bridgehead atoms. The standard InChI is InChI=1S/C24H25N3O7/c1-24(2,3)18-9-7-15(8-10-18)22(30)25-26-13-17(12-21(26)29)23(31)34-14-20(28)16-5-4-6-19(11-16)27(32)33/h4-11,17H,12-14H2,1-3H3,(H,25,30)/t17-/m1/s1. The van der Waals surface area contributed by atoms with Gasteiger partial charge in [0.05, 0.1) is 17.4 Å². The summed E-state index contributed by atoms with van der Waals surface area (Å²) >= 11 is 0. The van der Waals surface area contributed by atoms with Crippen molar-refractivity contribution in [2.45, 2.75) is 32.6 Å². The summed E-state index contributed by atoms with van der Waals surface area (Å²) in [5.41, 5.74) is 3.65. The summed E-state index contributed by atoms with van der Waals surface area (Å²) in [4.78, 5) is 59.6. The molecule has 0 saturated carbocycles. The second-order valence-electron chi connectivity index (χ2n) is 9.01. The highest BCUT2D eigenvalue weighted by Gasteiger charge is 2.37. The number of benzene rings is 2. The number of Topliss-reactive ketones (excluding diaryl/α,β-unsaturated/α-hetero) is 1. The molecule has 1 fully saturated rings. The molecule has 10 nitrogen and oxygen atoms in total. The molecule has 0 unspecified atom stereocenters. The van der Waals surface area contributed by atoms with Gasteiger partial charge in [-0.05, 0) is 23.1 Å². The number of ether oxygens (including phenoxy) is 1. The van der Waals surface area contributed by atoms with E-state index >= 15 is 0 Å². The number of esters is 1. The Labute approximate surface area is 196 Å². The van der Waals surface area contributed by atoms with Gasteiger partial charge in [0.2, 0.25) is 11.7 Å². The van der Waals surface area contributed by atoms with Gasteiger partial charge in [-0.2, -0.15) is 0 Å². The number of hydrogen-bond acceptors (Lipinski definition) is 7. The van der Waals surface area contributed by atoms with Crippen LogP contribution in [0.1, 0.15) is 53.5 Å². The number of hydrazine groups is 1. The second-order valence-corrected chi connectivity index (χ2v) is 9.01. The van der Waals surface area contributed by atoms with Crippen LogP contribution in [0, 0.1) is 16.0 Å². The molecule has 2 aromatic rings. The van der Waals surface area contributed by atoms with Gasteiger partial charge < -0.3 is 4.74 Å². The molecule has 1 N–H and O–H groups in total. The predicted octanol–water partition coefficient (Wildman–Crippen LogP) is 2.81. The minimum Gasteiger partial charge on any atom is -0.457 e. The minimum atomic E-state index is -0.853. The van der Waals surface area contributed by atoms with E-state index in [1.165, 1.54) is 18.2 Å². The molecular weight excluding hydrogens is 442 g/mol. The quantitative estimate of drug-likeness (QED) is 0.286. The Morgan fingerprint density at radius 3 is 2.41 bits per heavy atom. The van der Waals surface area contributed by atoms with E-state index in [1.807, 2.05) is 12.1 Å². The molecule has 3 rings (SSSR count). The van der Waals surface area contributed by atoms with Crippen LogP contribution in [0.4, 0.5) is 5.69 Å². The molecule has 0 radical (unpaired) electrons. The van der Waals surface area contributed by atoms with Crippen molar-refractivity contribution in [1.82, 2.24) is 10.4 Å². The Morgan fingerprint density at radius 1 is 1.12 bits per heavy atom. The van der Waals surface area contributed by atoms with E-state index < -0.39 is 41.0 Å². The highest BCUT2D eigenvalue weighted by atomic mass is 16.6. The number of hydrogen-bond donors (Lipinski definition) is 1. The summed E-state index contributed by atoms with van der Waals surface area (Å²) in [6, 6.07) is 12.1. The van der Waals surface area contributed by atoms with Gasteiger partial charge in [-0.3, -0.25) is 39.7 Å². The number of ketones is 1. The van der Waals surface area contributed by atoms with Crippen LogP contribution < -0.4 is 5.43 Å². The molecule has 1 heterocycles. The maximum absolute atomic E-state index is 12.5. The minimum absolute atomic E-state index is 0.0378. The lowest BCUT2D eigenvalue weighted by atomic mass is 9.87. The summed E-state index contributed by atoms with van der Waals surface area (Å²) in [5.74, 6) is -3.16. The topological polar surface area (TPSA) is 136 Å². The van der Waals surface area contributed by atoms with E-state index in [4.69, 9.17) is 4.74 Å². The van der Waals surface area contributed by atoms with Crippen molar-refractivity contribution in [2.24, 2.45) is 5.92 Å². The molecule has 1 atom stereocenters. The average Bonchev–Trinajstić information content (AvgIpc) is 3.16. The van der Waals surface area contributed by atoms with Crippen molar-refractivity contribution in [3.63, 3.8) is 0 Å². The van der Waals surface area contributed by atoms with Gasteiger partial charge in [0.15, 0.2) is 6.61 Å². The van der Waals surface area contributed by atoms with Crippen LogP contribution >= 0.6 is 0 Å². The molecule has 0 aromatic heterocycles. The first kappa shape index (κ1) is 24.6. The molecule has 1 aliphatic heterocycles. The van der Waals surface area contributed by atoms with E-state index in [-0.39, 0.29) is 29.6 Å². The molecular formula is C24H25N3O7. The molecule has 178 valence electrons. The lowest BCUT2D eigenvalue weighted by Crippen LogP contribution is -2.43. The van der Waals surface area contributed by atoms with Gasteiger partial charge in [-0.25, -0.2) is 0 Å². The first-order chi connectivity index (χ1) is 16.0. The Bertz CT molecular complexity index is 1140. The number of amides is 2. The third kappa shape index (κ3) is 5.83. The van der Waals surface area contributed by atoms with E-state index in [0.29, 0.717) is 5.56 Å². The summed E-state index contributed by atoms with van der Waals surface area (Å²) in [6.07, 6.45) is -0.174. The number of nitro benzene ring substituents is 1. The largest absolute Gasteiger partial charge is 0.457 e. The highest BCUT2D eigenvalue weighted by molar-refractivity contribution is 5.99. The fourth-order valence-corrected chi connectivity index (χ4v) is 3.41. The van der Waals surface area contributed by atoms with Crippen LogP contribution in [0.25, 0.3) is 0 Å². The first-order valence-corrected chi connectivity index (χ1v) is 10.6. The van der Waals surface area contributed by atoms with E-state index in [9.17, 15) is 29.3 Å². The number of nitro groups is 1. The van der Waals surface area contributed by atoms with Crippen LogP contribution in [0.15, 0.2) is 48.5 Å². The average molecular weight is 467 g/mol. The van der Waals surface area contributed by atoms with Gasteiger partial charge in [-0.15, -0.1) is 0 Å². The van der Waals surface area contributed by atoms with Crippen molar-refractivity contribution in [3.8, 4) is 0 Å². The van der Waals surface area contributed by atoms with Gasteiger partial charge in [0.1, 0.15) is 0 Å². The molecule has 34 heavy (non-hydrogen) atoms. The SMILES string of the molecule is CC(C)(C)c1ccc(C(=O)NN2C[C@H](C(=O)OCC(=O)c3cccc([N+](=O)[O-])c3)CC2=O)cc1. The maximum atomic E-state index is 12.5. The lowest BCUT2D eigenvalue weighted by Gasteiger charge is -2.20. The van der Waals surface area contributed by atoms with Crippen molar-refractivity contribution < 1.29 is 28.8 Å². The Balaban J connectivity index is 1.54. The summed E-state index contributed by atoms with van der Waals surface area (Å²) < 4.78 is 5.02. The van der Waals surface area contributed by atoms with E-state index in [2.05, 4.69) is 26.2 Å². The van der Waals surface area contributed by atoms with Crippen molar-refractivity contribution in [1.29, 1.82) is 0 Å². The molecule has 1 saturated heterocycles. The maximum Gasteiger partial charge on any atom is 0.311 e. The zero-order valence-electron chi connectivity index (χ0n) is 19.1. The number of carbonyl (C=O) groups excluding carboxylic acids is 4. The Hall–Kier alpha value is -4.08. The number of carbonyl (C=O) groups is 4. The smallest absolute Gasteiger partial charge is 0.311 e. The van der Waals surface area contributed by atoms with Crippen LogP contribution in [0.2, 0.25) is 0 Å². The number of rotatable bonds is 7. The Kier molecular flexibility index (Phi) is 7.09. The monoisotopic (exact) mass is 467 g/mol. The summed E-state index contributed by atoms with van der Waals surface area (Å²) in [6.45, 7) is 5.47. The van der Waals surface area contributed by atoms with Gasteiger partial charge in [0.25, 0.3) is 11.6 Å². The lowest BCUT2D eigenvalue weighted by molar-refractivity contribution is -0.384. The second kappa shape index (κ2) is 9.82. The highest BCUT2D eigenvalue weighted by Crippen LogP contribution is 2.23. The van der Waals surface area contributed by atoms with Crippen LogP contribution in [0.5, 0.6) is 0 Å². The van der Waals surface area contributed by atoms with Crippen LogP contribution in [-0.4, -0.2) is 46.7 Å². The van der Waals surface area contributed by atoms with Crippen LogP contribution in [0.3, 0.4) is 0 Å². The third-order valence-corrected chi connectivity index (χ3v) is 5.43. The van der Waals surface area contributed by atoms with Crippen molar-refractivity contribution in [3.05, 3.63) is 75.3 Å². The molecule has 1 aliphatic rings. The number of nitrogens with one attached hydrogen (secondary N) is 1. The van der Waals surface area contributed by atoms with E-state index in [0.717, 1.165) is 16.6 Å². The Morgan fingerprint density at radius 2 is 1.79 bits per heavy atom. The molecule has 0 aliphatic carbocycles. The number of nitrogens with zero attached hydrogens (tertiary/aromatic N) is 2. The molecule has 2 aromatic carbocycles.